The molecule has 2 nitrogen and oxygen atoms in total. The van der Waals surface area contributed by atoms with Crippen LogP contribution in [0.5, 0.6) is 0 Å². The molecular formula is C15H26N2S. The molecular weight excluding hydrogens is 240 g/mol. The van der Waals surface area contributed by atoms with Crippen LogP contribution in [0.2, 0.25) is 0 Å². The maximum atomic E-state index is 3.65. The SMILES string of the molecule is CC(C)CCNCC(c1cccs1)N1CCCC1. The van der Waals surface area contributed by atoms with E-state index in [2.05, 4.69) is 41.6 Å². The smallest absolute Gasteiger partial charge is 0.0566 e. The summed E-state index contributed by atoms with van der Waals surface area (Å²) in [6, 6.07) is 5.06. The zero-order valence-electron chi connectivity index (χ0n) is 11.7. The van der Waals surface area contributed by atoms with Crippen LogP contribution < -0.4 is 5.32 Å². The van der Waals surface area contributed by atoms with Crippen molar-refractivity contribution in [2.75, 3.05) is 26.2 Å². The summed E-state index contributed by atoms with van der Waals surface area (Å²) < 4.78 is 0. The Hall–Kier alpha value is -0.380. The summed E-state index contributed by atoms with van der Waals surface area (Å²) in [5, 5.41) is 5.85. The van der Waals surface area contributed by atoms with Crippen molar-refractivity contribution < 1.29 is 0 Å². The molecule has 1 aromatic heterocycles. The third kappa shape index (κ3) is 4.08. The van der Waals surface area contributed by atoms with E-state index < -0.39 is 0 Å². The van der Waals surface area contributed by atoms with Gasteiger partial charge in [-0.3, -0.25) is 4.90 Å². The molecule has 0 amide bonds. The van der Waals surface area contributed by atoms with Gasteiger partial charge in [-0.2, -0.15) is 0 Å². The van der Waals surface area contributed by atoms with E-state index in [1.165, 1.54) is 37.2 Å². The van der Waals surface area contributed by atoms with Crippen LogP contribution in [-0.4, -0.2) is 31.1 Å². The summed E-state index contributed by atoms with van der Waals surface area (Å²) >= 11 is 1.90. The lowest BCUT2D eigenvalue weighted by Gasteiger charge is -2.27. The lowest BCUT2D eigenvalue weighted by molar-refractivity contribution is 0.241. The molecule has 1 N–H and O–H groups in total. The molecule has 2 rings (SSSR count). The predicted molar refractivity (Wildman–Crippen MR) is 80.2 cm³/mol. The largest absolute Gasteiger partial charge is 0.315 e. The molecule has 1 saturated heterocycles. The van der Waals surface area contributed by atoms with E-state index in [1.54, 1.807) is 0 Å². The molecule has 0 radical (unpaired) electrons. The van der Waals surface area contributed by atoms with E-state index in [4.69, 9.17) is 0 Å². The van der Waals surface area contributed by atoms with Gasteiger partial charge in [-0.05, 0) is 56.3 Å². The van der Waals surface area contributed by atoms with Crippen LogP contribution in [-0.2, 0) is 0 Å². The summed E-state index contributed by atoms with van der Waals surface area (Å²) in [6.45, 7) is 9.38. The Morgan fingerprint density at radius 1 is 1.33 bits per heavy atom. The second-order valence-electron chi connectivity index (χ2n) is 5.66. The van der Waals surface area contributed by atoms with Gasteiger partial charge in [0.2, 0.25) is 0 Å². The minimum atomic E-state index is 0.597. The minimum Gasteiger partial charge on any atom is -0.315 e. The van der Waals surface area contributed by atoms with Crippen LogP contribution in [0, 0.1) is 5.92 Å². The number of thiophene rings is 1. The number of rotatable bonds is 7. The van der Waals surface area contributed by atoms with Gasteiger partial charge < -0.3 is 5.32 Å². The van der Waals surface area contributed by atoms with Gasteiger partial charge in [0.05, 0.1) is 6.04 Å². The van der Waals surface area contributed by atoms with Crippen molar-refractivity contribution in [3.8, 4) is 0 Å². The number of nitrogens with zero attached hydrogens (tertiary/aromatic N) is 1. The Labute approximate surface area is 115 Å². The third-order valence-corrected chi connectivity index (χ3v) is 4.66. The normalized spacial score (nSPS) is 18.6. The van der Waals surface area contributed by atoms with E-state index in [9.17, 15) is 0 Å². The Bertz CT molecular complexity index is 315. The summed E-state index contributed by atoms with van der Waals surface area (Å²) in [5.41, 5.74) is 0. The van der Waals surface area contributed by atoms with Crippen molar-refractivity contribution in [2.24, 2.45) is 5.92 Å². The lowest BCUT2D eigenvalue weighted by Crippen LogP contribution is -2.34. The summed E-state index contributed by atoms with van der Waals surface area (Å²) in [7, 11) is 0. The standard InChI is InChI=1S/C15H26N2S/c1-13(2)7-8-16-12-14(15-6-5-11-18-15)17-9-3-4-10-17/h5-6,11,13-14,16H,3-4,7-10,12H2,1-2H3. The monoisotopic (exact) mass is 266 g/mol. The molecule has 2 heterocycles. The van der Waals surface area contributed by atoms with Crippen molar-refractivity contribution in [2.45, 2.75) is 39.2 Å². The summed E-state index contributed by atoms with van der Waals surface area (Å²) in [4.78, 5) is 4.17. The number of hydrogen-bond acceptors (Lipinski definition) is 3. The molecule has 1 aromatic rings. The first-order valence-electron chi connectivity index (χ1n) is 7.25. The average Bonchev–Trinajstić information content (AvgIpc) is 3.01. The Morgan fingerprint density at radius 2 is 2.11 bits per heavy atom. The highest BCUT2D eigenvalue weighted by molar-refractivity contribution is 7.10. The minimum absolute atomic E-state index is 0.597. The van der Waals surface area contributed by atoms with Crippen LogP contribution in [0.4, 0.5) is 0 Å². The fourth-order valence-corrected chi connectivity index (χ4v) is 3.43. The molecule has 1 aliphatic heterocycles. The Balaban J connectivity index is 1.85. The molecule has 1 fully saturated rings. The van der Waals surface area contributed by atoms with E-state index in [1.807, 2.05) is 11.3 Å². The molecule has 1 unspecified atom stereocenters. The quantitative estimate of drug-likeness (QED) is 0.760. The number of likely N-dealkylation sites (tertiary alicyclic amines) is 1. The van der Waals surface area contributed by atoms with Crippen LogP contribution in [0.3, 0.4) is 0 Å². The van der Waals surface area contributed by atoms with Crippen molar-refractivity contribution in [3.63, 3.8) is 0 Å². The second kappa shape index (κ2) is 7.27. The molecule has 102 valence electrons. The van der Waals surface area contributed by atoms with Crippen LogP contribution in [0.25, 0.3) is 0 Å². The number of hydrogen-bond donors (Lipinski definition) is 1. The molecule has 0 bridgehead atoms. The average molecular weight is 266 g/mol. The van der Waals surface area contributed by atoms with Gasteiger partial charge in [-0.15, -0.1) is 11.3 Å². The van der Waals surface area contributed by atoms with Crippen molar-refractivity contribution in [1.29, 1.82) is 0 Å². The lowest BCUT2D eigenvalue weighted by atomic mass is 10.1. The highest BCUT2D eigenvalue weighted by Crippen LogP contribution is 2.27. The molecule has 1 atom stereocenters. The molecule has 3 heteroatoms. The van der Waals surface area contributed by atoms with Gasteiger partial charge in [0.1, 0.15) is 0 Å². The first kappa shape index (κ1) is 14.0. The Morgan fingerprint density at radius 3 is 2.72 bits per heavy atom. The second-order valence-corrected chi connectivity index (χ2v) is 6.64. The first-order valence-corrected chi connectivity index (χ1v) is 8.13. The third-order valence-electron chi connectivity index (χ3n) is 3.69. The fourth-order valence-electron chi connectivity index (χ4n) is 2.57. The van der Waals surface area contributed by atoms with Crippen LogP contribution in [0.1, 0.15) is 44.0 Å². The topological polar surface area (TPSA) is 15.3 Å². The molecule has 0 spiro atoms. The first-order chi connectivity index (χ1) is 8.77. The van der Waals surface area contributed by atoms with Gasteiger partial charge in [0, 0.05) is 11.4 Å². The molecule has 0 saturated carbocycles. The molecule has 0 aromatic carbocycles. The highest BCUT2D eigenvalue weighted by Gasteiger charge is 2.23. The number of nitrogens with one attached hydrogen (secondary N) is 1. The molecule has 0 aliphatic carbocycles. The van der Waals surface area contributed by atoms with E-state index in [0.717, 1.165) is 19.0 Å². The maximum absolute atomic E-state index is 3.65. The predicted octanol–water partition coefficient (Wildman–Crippen LogP) is 3.52. The zero-order chi connectivity index (χ0) is 12.8. The van der Waals surface area contributed by atoms with E-state index in [-0.39, 0.29) is 0 Å². The zero-order valence-corrected chi connectivity index (χ0v) is 12.5. The van der Waals surface area contributed by atoms with Gasteiger partial charge in [-0.25, -0.2) is 0 Å². The van der Waals surface area contributed by atoms with Gasteiger partial charge in [0.15, 0.2) is 0 Å². The van der Waals surface area contributed by atoms with E-state index in [0.29, 0.717) is 6.04 Å². The summed E-state index contributed by atoms with van der Waals surface area (Å²) in [6.07, 6.45) is 4.01. The van der Waals surface area contributed by atoms with Gasteiger partial charge >= 0.3 is 0 Å². The van der Waals surface area contributed by atoms with Crippen molar-refractivity contribution in [1.82, 2.24) is 10.2 Å². The van der Waals surface area contributed by atoms with Crippen LogP contribution in [0.15, 0.2) is 17.5 Å². The van der Waals surface area contributed by atoms with Gasteiger partial charge in [0.25, 0.3) is 0 Å². The Kier molecular flexibility index (Phi) is 5.67. The van der Waals surface area contributed by atoms with Crippen LogP contribution >= 0.6 is 11.3 Å². The van der Waals surface area contributed by atoms with E-state index >= 15 is 0 Å². The molecule has 18 heavy (non-hydrogen) atoms. The van der Waals surface area contributed by atoms with Crippen molar-refractivity contribution >= 4 is 11.3 Å². The highest BCUT2D eigenvalue weighted by atomic mass is 32.1. The summed E-state index contributed by atoms with van der Waals surface area (Å²) in [5.74, 6) is 0.796. The fraction of sp³-hybridized carbons (Fsp3) is 0.733. The van der Waals surface area contributed by atoms with Gasteiger partial charge in [-0.1, -0.05) is 19.9 Å². The van der Waals surface area contributed by atoms with Crippen molar-refractivity contribution in [3.05, 3.63) is 22.4 Å². The molecule has 1 aliphatic rings. The maximum Gasteiger partial charge on any atom is 0.0566 e.